The summed E-state index contributed by atoms with van der Waals surface area (Å²) in [5.74, 6) is -1.42. The summed E-state index contributed by atoms with van der Waals surface area (Å²) in [7, 11) is 0. The van der Waals surface area contributed by atoms with Gasteiger partial charge >= 0.3 is 0 Å². The van der Waals surface area contributed by atoms with Gasteiger partial charge in [-0.05, 0) is 80.1 Å². The number of halogens is 1. The molecule has 0 aromatic heterocycles. The summed E-state index contributed by atoms with van der Waals surface area (Å²) >= 11 is 7.49. The van der Waals surface area contributed by atoms with Crippen molar-refractivity contribution in [2.24, 2.45) is 0 Å². The van der Waals surface area contributed by atoms with Crippen molar-refractivity contribution in [1.82, 2.24) is 5.32 Å². The number of benzene rings is 4. The van der Waals surface area contributed by atoms with Crippen molar-refractivity contribution in [1.29, 1.82) is 0 Å². The minimum atomic E-state index is -0.674. The zero-order valence-corrected chi connectivity index (χ0v) is 24.7. The Hall–Kier alpha value is -4.93. The fourth-order valence-corrected chi connectivity index (χ4v) is 4.91. The van der Waals surface area contributed by atoms with Crippen molar-refractivity contribution in [3.05, 3.63) is 135 Å². The lowest BCUT2D eigenvalue weighted by Gasteiger charge is -2.14. The van der Waals surface area contributed by atoms with Crippen LogP contribution in [0.15, 0.2) is 108 Å². The number of aryl methyl sites for hydroxylation is 1. The zero-order chi connectivity index (χ0) is 30.9. The Balaban J connectivity index is 1.47. The van der Waals surface area contributed by atoms with Gasteiger partial charge in [0.05, 0.1) is 15.7 Å². The smallest absolute Gasteiger partial charge is 0.276 e. The van der Waals surface area contributed by atoms with Crippen LogP contribution in [-0.4, -0.2) is 27.9 Å². The van der Waals surface area contributed by atoms with Gasteiger partial charge < -0.3 is 16.0 Å². The van der Waals surface area contributed by atoms with E-state index in [0.717, 1.165) is 10.5 Å². The molecule has 0 aliphatic rings. The number of carbonyl (C=O) groups excluding carboxylic acids is 3. The molecule has 3 amide bonds. The van der Waals surface area contributed by atoms with Crippen LogP contribution in [0.3, 0.4) is 0 Å². The van der Waals surface area contributed by atoms with E-state index < -0.39 is 22.0 Å². The molecule has 0 heterocycles. The van der Waals surface area contributed by atoms with Gasteiger partial charge in [0.1, 0.15) is 5.70 Å². The number of nitrogens with one attached hydrogen (secondary N) is 3. The van der Waals surface area contributed by atoms with Gasteiger partial charge in [0.15, 0.2) is 0 Å². The Morgan fingerprint density at radius 2 is 1.53 bits per heavy atom. The second-order valence-electron chi connectivity index (χ2n) is 9.39. The first-order valence-electron chi connectivity index (χ1n) is 13.1. The van der Waals surface area contributed by atoms with Crippen molar-refractivity contribution < 1.29 is 19.3 Å². The molecule has 9 nitrogen and oxygen atoms in total. The van der Waals surface area contributed by atoms with E-state index in [4.69, 9.17) is 11.6 Å². The second-order valence-corrected chi connectivity index (χ2v) is 11.2. The van der Waals surface area contributed by atoms with Crippen molar-refractivity contribution in [2.75, 3.05) is 10.6 Å². The number of amides is 3. The van der Waals surface area contributed by atoms with Crippen LogP contribution < -0.4 is 16.0 Å². The summed E-state index contributed by atoms with van der Waals surface area (Å²) in [6.07, 6.45) is 1.26. The molecule has 43 heavy (non-hydrogen) atoms. The lowest BCUT2D eigenvalue weighted by molar-refractivity contribution is -0.385. The van der Waals surface area contributed by atoms with Gasteiger partial charge in [0.2, 0.25) is 5.91 Å². The molecule has 0 fully saturated rings. The number of thioether (sulfide) groups is 1. The summed E-state index contributed by atoms with van der Waals surface area (Å²) in [5.41, 5.74) is 2.01. The van der Waals surface area contributed by atoms with E-state index in [-0.39, 0.29) is 22.9 Å². The van der Waals surface area contributed by atoms with E-state index in [9.17, 15) is 24.5 Å². The maximum atomic E-state index is 13.3. The highest BCUT2D eigenvalue weighted by molar-refractivity contribution is 8.00. The molecular weight excluding hydrogens is 588 g/mol. The molecule has 0 radical (unpaired) electrons. The van der Waals surface area contributed by atoms with Crippen LogP contribution in [0.4, 0.5) is 17.1 Å². The van der Waals surface area contributed by atoms with Crippen molar-refractivity contribution in [3.63, 3.8) is 0 Å². The Bertz CT molecular complexity index is 1690. The monoisotopic (exact) mass is 614 g/mol. The molecule has 3 N–H and O–H groups in total. The summed E-state index contributed by atoms with van der Waals surface area (Å²) in [4.78, 5) is 50.6. The maximum absolute atomic E-state index is 13.3. The standard InChI is InChI=1S/C32H27ClN4O5S/c1-20-12-13-25(19-27(20)33)35-30(38)21(2)43-26-16-14-24(15-17-26)34-32(40)28(36-31(39)22-8-4-3-5-9-22)18-23-10-6-7-11-29(23)37(41)42/h3-19,21H,1-2H3,(H,34,40)(H,35,38)(H,36,39)/b28-18-. The average molecular weight is 615 g/mol. The van der Waals surface area contributed by atoms with Crippen LogP contribution in [0.25, 0.3) is 6.08 Å². The van der Waals surface area contributed by atoms with Crippen LogP contribution in [0.5, 0.6) is 0 Å². The molecule has 1 unspecified atom stereocenters. The third-order valence-corrected chi connectivity index (χ3v) is 7.71. The topological polar surface area (TPSA) is 130 Å². The molecule has 0 spiro atoms. The van der Waals surface area contributed by atoms with Gasteiger partial charge in [-0.15, -0.1) is 11.8 Å². The van der Waals surface area contributed by atoms with Gasteiger partial charge in [0, 0.05) is 32.9 Å². The van der Waals surface area contributed by atoms with E-state index in [0.29, 0.717) is 22.0 Å². The van der Waals surface area contributed by atoms with Crippen molar-refractivity contribution in [2.45, 2.75) is 24.0 Å². The minimum Gasteiger partial charge on any atom is -0.325 e. The minimum absolute atomic E-state index is 0.151. The predicted octanol–water partition coefficient (Wildman–Crippen LogP) is 7.09. The van der Waals surface area contributed by atoms with Crippen LogP contribution in [-0.2, 0) is 9.59 Å². The van der Waals surface area contributed by atoms with Crippen LogP contribution >= 0.6 is 23.4 Å². The molecule has 0 saturated carbocycles. The number of hydrogen-bond acceptors (Lipinski definition) is 6. The van der Waals surface area contributed by atoms with E-state index in [1.165, 1.54) is 36.0 Å². The zero-order valence-electron chi connectivity index (χ0n) is 23.2. The number of nitro benzene ring substituents is 1. The van der Waals surface area contributed by atoms with Gasteiger partial charge in [-0.3, -0.25) is 24.5 Å². The lowest BCUT2D eigenvalue weighted by Crippen LogP contribution is -2.30. The lowest BCUT2D eigenvalue weighted by atomic mass is 10.1. The largest absolute Gasteiger partial charge is 0.325 e. The normalized spacial score (nSPS) is 11.7. The third kappa shape index (κ3) is 8.54. The van der Waals surface area contributed by atoms with E-state index in [1.54, 1.807) is 79.7 Å². The van der Waals surface area contributed by atoms with E-state index in [2.05, 4.69) is 16.0 Å². The first-order chi connectivity index (χ1) is 20.6. The molecule has 11 heteroatoms. The highest BCUT2D eigenvalue weighted by Gasteiger charge is 2.19. The Labute approximate surface area is 257 Å². The Morgan fingerprint density at radius 3 is 2.21 bits per heavy atom. The highest BCUT2D eigenvalue weighted by Crippen LogP contribution is 2.27. The predicted molar refractivity (Wildman–Crippen MR) is 170 cm³/mol. The number of hydrogen-bond donors (Lipinski definition) is 3. The van der Waals surface area contributed by atoms with Gasteiger partial charge in [-0.2, -0.15) is 0 Å². The van der Waals surface area contributed by atoms with Crippen molar-refractivity contribution >= 4 is 64.2 Å². The quantitative estimate of drug-likeness (QED) is 0.0757. The molecule has 0 aliphatic heterocycles. The fourth-order valence-electron chi connectivity index (χ4n) is 3.86. The molecule has 4 rings (SSSR count). The second kappa shape index (κ2) is 14.3. The molecule has 0 saturated heterocycles. The van der Waals surface area contributed by atoms with Gasteiger partial charge in [0.25, 0.3) is 17.5 Å². The highest BCUT2D eigenvalue weighted by atomic mass is 35.5. The van der Waals surface area contributed by atoms with Crippen molar-refractivity contribution in [3.8, 4) is 0 Å². The van der Waals surface area contributed by atoms with Crippen LogP contribution in [0.2, 0.25) is 5.02 Å². The van der Waals surface area contributed by atoms with E-state index in [1.807, 2.05) is 13.0 Å². The first-order valence-corrected chi connectivity index (χ1v) is 14.3. The maximum Gasteiger partial charge on any atom is 0.276 e. The molecule has 218 valence electrons. The summed E-state index contributed by atoms with van der Waals surface area (Å²) in [6, 6.07) is 26.3. The number of nitrogens with zero attached hydrogens (tertiary/aromatic N) is 1. The fraction of sp³-hybridized carbons (Fsp3) is 0.0938. The number of carbonyl (C=O) groups is 3. The summed E-state index contributed by atoms with van der Waals surface area (Å²) in [5, 5.41) is 19.8. The number of nitro groups is 1. The summed E-state index contributed by atoms with van der Waals surface area (Å²) < 4.78 is 0. The van der Waals surface area contributed by atoms with Gasteiger partial charge in [-0.1, -0.05) is 48.0 Å². The average Bonchev–Trinajstić information content (AvgIpc) is 3.00. The third-order valence-electron chi connectivity index (χ3n) is 6.20. The Morgan fingerprint density at radius 1 is 0.884 bits per heavy atom. The molecule has 0 bridgehead atoms. The van der Waals surface area contributed by atoms with Crippen LogP contribution in [0, 0.1) is 17.0 Å². The molecule has 4 aromatic carbocycles. The molecule has 1 atom stereocenters. The van der Waals surface area contributed by atoms with Crippen LogP contribution in [0.1, 0.15) is 28.4 Å². The summed E-state index contributed by atoms with van der Waals surface area (Å²) in [6.45, 7) is 3.66. The molecule has 4 aromatic rings. The first kappa shape index (κ1) is 31.0. The van der Waals surface area contributed by atoms with Gasteiger partial charge in [-0.25, -0.2) is 0 Å². The molecule has 0 aliphatic carbocycles. The number of rotatable bonds is 10. The Kier molecular flexibility index (Phi) is 10.3. The molecular formula is C32H27ClN4O5S. The SMILES string of the molecule is Cc1ccc(NC(=O)C(C)Sc2ccc(NC(=O)/C(=C/c3ccccc3[N+](=O)[O-])NC(=O)c3ccccc3)cc2)cc1Cl. The van der Waals surface area contributed by atoms with E-state index >= 15 is 0 Å². The number of anilines is 2. The number of para-hydroxylation sites is 1.